The van der Waals surface area contributed by atoms with E-state index in [4.69, 9.17) is 9.97 Å². The summed E-state index contributed by atoms with van der Waals surface area (Å²) in [5.41, 5.74) is 5.09. The average molecular weight is 297 g/mol. The first-order chi connectivity index (χ1) is 10.3. The first-order valence-corrected chi connectivity index (χ1v) is 8.82. The van der Waals surface area contributed by atoms with Crippen molar-refractivity contribution in [1.82, 2.24) is 9.97 Å². The molecule has 1 aliphatic carbocycles. The molecule has 4 heteroatoms. The third-order valence-corrected chi connectivity index (χ3v) is 5.09. The molecule has 21 heavy (non-hydrogen) atoms. The van der Waals surface area contributed by atoms with Crippen LogP contribution in [0, 0.1) is 0 Å². The van der Waals surface area contributed by atoms with E-state index in [0.717, 1.165) is 41.2 Å². The van der Waals surface area contributed by atoms with Gasteiger partial charge in [-0.3, -0.25) is 0 Å². The Hall–Kier alpha value is -1.55. The molecule has 0 radical (unpaired) electrons. The summed E-state index contributed by atoms with van der Waals surface area (Å²) in [4.78, 5) is 9.60. The molecule has 1 fully saturated rings. The van der Waals surface area contributed by atoms with Crippen LogP contribution in [0.4, 0.5) is 5.82 Å². The van der Waals surface area contributed by atoms with Gasteiger partial charge in [-0.05, 0) is 37.3 Å². The van der Waals surface area contributed by atoms with Crippen LogP contribution in [0.3, 0.4) is 0 Å². The molecule has 1 saturated carbocycles. The van der Waals surface area contributed by atoms with Crippen molar-refractivity contribution in [2.24, 2.45) is 0 Å². The molecule has 108 valence electrons. The first-order valence-electron chi connectivity index (χ1n) is 7.67. The van der Waals surface area contributed by atoms with E-state index >= 15 is 0 Å². The lowest BCUT2D eigenvalue weighted by molar-refractivity contribution is 1.04. The first kappa shape index (κ1) is 13.1. The van der Waals surface area contributed by atoms with Gasteiger partial charge >= 0.3 is 0 Å². The molecule has 1 N–H and O–H groups in total. The lowest BCUT2D eigenvalue weighted by Crippen LogP contribution is -2.06. The molecule has 3 nitrogen and oxygen atoms in total. The van der Waals surface area contributed by atoms with Crippen LogP contribution in [0.15, 0.2) is 24.3 Å². The highest BCUT2D eigenvalue weighted by Crippen LogP contribution is 2.41. The summed E-state index contributed by atoms with van der Waals surface area (Å²) in [7, 11) is 0. The van der Waals surface area contributed by atoms with Gasteiger partial charge in [-0.1, -0.05) is 18.2 Å². The van der Waals surface area contributed by atoms with Crippen molar-refractivity contribution in [1.29, 1.82) is 0 Å². The number of benzene rings is 1. The Morgan fingerprint density at radius 1 is 1.24 bits per heavy atom. The minimum Gasteiger partial charge on any atom is -0.370 e. The maximum atomic E-state index is 4.82. The number of aromatic nitrogens is 2. The minimum atomic E-state index is 0.767. The largest absolute Gasteiger partial charge is 0.370 e. The Morgan fingerprint density at radius 2 is 2.14 bits per heavy atom. The van der Waals surface area contributed by atoms with Crippen molar-refractivity contribution in [2.75, 3.05) is 11.9 Å². The van der Waals surface area contributed by atoms with Crippen LogP contribution in [0.2, 0.25) is 0 Å². The van der Waals surface area contributed by atoms with Crippen molar-refractivity contribution in [3.8, 4) is 11.4 Å². The van der Waals surface area contributed by atoms with E-state index in [-0.39, 0.29) is 0 Å². The van der Waals surface area contributed by atoms with Crippen LogP contribution in [-0.4, -0.2) is 16.5 Å². The minimum absolute atomic E-state index is 0.767. The van der Waals surface area contributed by atoms with Gasteiger partial charge in [0, 0.05) is 29.2 Å². The molecule has 0 amide bonds. The van der Waals surface area contributed by atoms with E-state index in [9.17, 15) is 0 Å². The van der Waals surface area contributed by atoms with E-state index in [1.54, 1.807) is 0 Å². The predicted molar refractivity (Wildman–Crippen MR) is 88.6 cm³/mol. The van der Waals surface area contributed by atoms with Crippen LogP contribution in [0.25, 0.3) is 11.4 Å². The molecule has 0 spiro atoms. The van der Waals surface area contributed by atoms with Gasteiger partial charge in [0.25, 0.3) is 0 Å². The highest BCUT2D eigenvalue weighted by molar-refractivity contribution is 7.98. The zero-order chi connectivity index (χ0) is 14.2. The van der Waals surface area contributed by atoms with Gasteiger partial charge in [-0.25, -0.2) is 9.97 Å². The average Bonchev–Trinajstić information content (AvgIpc) is 3.25. The molecule has 1 aliphatic heterocycles. The predicted octanol–water partition coefficient (Wildman–Crippen LogP) is 4.20. The maximum absolute atomic E-state index is 4.82. The Bertz CT molecular complexity index is 680. The van der Waals surface area contributed by atoms with Crippen LogP contribution in [0.5, 0.6) is 0 Å². The van der Waals surface area contributed by atoms with E-state index in [2.05, 4.69) is 36.5 Å². The lowest BCUT2D eigenvalue weighted by atomic mass is 10.1. The second-order valence-electron chi connectivity index (χ2n) is 5.74. The highest BCUT2D eigenvalue weighted by Gasteiger charge is 2.24. The Morgan fingerprint density at radius 3 is 2.95 bits per heavy atom. The van der Waals surface area contributed by atoms with E-state index in [0.29, 0.717) is 0 Å². The highest BCUT2D eigenvalue weighted by atomic mass is 32.2. The summed E-state index contributed by atoms with van der Waals surface area (Å²) in [6.45, 7) is 3.01. The molecule has 2 aromatic rings. The number of anilines is 1. The zero-order valence-corrected chi connectivity index (χ0v) is 13.0. The Balaban J connectivity index is 1.77. The van der Waals surface area contributed by atoms with Crippen molar-refractivity contribution >= 4 is 17.6 Å². The van der Waals surface area contributed by atoms with Gasteiger partial charge in [0.05, 0.1) is 5.69 Å². The summed E-state index contributed by atoms with van der Waals surface area (Å²) in [5, 5.41) is 3.40. The SMILES string of the molecule is CCNc1nc(-c2cccc(C3CC3)c2)nc2c1CSC2. The fourth-order valence-electron chi connectivity index (χ4n) is 2.84. The monoisotopic (exact) mass is 297 g/mol. The molecule has 1 aromatic heterocycles. The summed E-state index contributed by atoms with van der Waals surface area (Å²) in [6, 6.07) is 8.78. The second-order valence-corrected chi connectivity index (χ2v) is 6.73. The van der Waals surface area contributed by atoms with Crippen molar-refractivity contribution in [2.45, 2.75) is 37.2 Å². The number of nitrogens with one attached hydrogen (secondary N) is 1. The normalized spacial score (nSPS) is 16.8. The molecule has 0 unspecified atom stereocenters. The van der Waals surface area contributed by atoms with Crippen LogP contribution >= 0.6 is 11.8 Å². The van der Waals surface area contributed by atoms with Gasteiger partial charge in [-0.2, -0.15) is 11.8 Å². The summed E-state index contributed by atoms with van der Waals surface area (Å²) < 4.78 is 0. The van der Waals surface area contributed by atoms with Gasteiger partial charge in [0.15, 0.2) is 5.82 Å². The number of rotatable bonds is 4. The van der Waals surface area contributed by atoms with Crippen LogP contribution in [-0.2, 0) is 11.5 Å². The second kappa shape index (κ2) is 5.34. The van der Waals surface area contributed by atoms with Crippen molar-refractivity contribution in [3.63, 3.8) is 0 Å². The lowest BCUT2D eigenvalue weighted by Gasteiger charge is -2.11. The van der Waals surface area contributed by atoms with E-state index in [1.165, 1.54) is 29.7 Å². The van der Waals surface area contributed by atoms with Crippen molar-refractivity contribution in [3.05, 3.63) is 41.1 Å². The topological polar surface area (TPSA) is 37.8 Å². The van der Waals surface area contributed by atoms with Gasteiger partial charge in [-0.15, -0.1) is 0 Å². The molecule has 4 rings (SSSR count). The quantitative estimate of drug-likeness (QED) is 0.918. The molecule has 0 atom stereocenters. The third kappa shape index (κ3) is 2.53. The number of hydrogen-bond acceptors (Lipinski definition) is 4. The van der Waals surface area contributed by atoms with Gasteiger partial charge in [0.1, 0.15) is 5.82 Å². The molecule has 2 heterocycles. The fraction of sp³-hybridized carbons (Fsp3) is 0.412. The van der Waals surface area contributed by atoms with Crippen LogP contribution < -0.4 is 5.32 Å². The standard InChI is InChI=1S/C17H19N3S/c1-2-18-17-14-9-21-10-15(14)19-16(20-17)13-5-3-4-12(8-13)11-6-7-11/h3-5,8,11H,2,6-7,9-10H2,1H3,(H,18,19,20). The number of fused-ring (bicyclic) bond motifs is 1. The Kier molecular flexibility index (Phi) is 3.34. The molecule has 2 aliphatic rings. The van der Waals surface area contributed by atoms with Crippen molar-refractivity contribution < 1.29 is 0 Å². The summed E-state index contributed by atoms with van der Waals surface area (Å²) >= 11 is 1.92. The van der Waals surface area contributed by atoms with Gasteiger partial charge in [0.2, 0.25) is 0 Å². The maximum Gasteiger partial charge on any atom is 0.161 e. The number of hydrogen-bond donors (Lipinski definition) is 1. The van der Waals surface area contributed by atoms with Gasteiger partial charge < -0.3 is 5.32 Å². The summed E-state index contributed by atoms with van der Waals surface area (Å²) in [5.74, 6) is 4.70. The summed E-state index contributed by atoms with van der Waals surface area (Å²) in [6.07, 6.45) is 2.65. The van der Waals surface area contributed by atoms with E-state index < -0.39 is 0 Å². The Labute approximate surface area is 129 Å². The zero-order valence-electron chi connectivity index (χ0n) is 12.2. The molecular formula is C17H19N3S. The van der Waals surface area contributed by atoms with E-state index in [1.807, 2.05) is 11.8 Å². The molecular weight excluding hydrogens is 278 g/mol. The number of nitrogens with zero attached hydrogens (tertiary/aromatic N) is 2. The molecule has 0 bridgehead atoms. The third-order valence-electron chi connectivity index (χ3n) is 4.12. The number of thioether (sulfide) groups is 1. The molecule has 0 saturated heterocycles. The molecule has 1 aromatic carbocycles. The smallest absolute Gasteiger partial charge is 0.161 e. The fourth-order valence-corrected chi connectivity index (χ4v) is 3.88. The van der Waals surface area contributed by atoms with Crippen LogP contribution in [0.1, 0.15) is 42.5 Å².